The number of carbonyl (C=O) groups excluding carboxylic acids is 2. The van der Waals surface area contributed by atoms with Crippen molar-refractivity contribution in [1.82, 2.24) is 29.5 Å². The van der Waals surface area contributed by atoms with Crippen molar-refractivity contribution < 1.29 is 9.59 Å². The van der Waals surface area contributed by atoms with E-state index in [-0.39, 0.29) is 36.3 Å². The zero-order valence-electron chi connectivity index (χ0n) is 22.6. The number of rotatable bonds is 5. The Labute approximate surface area is 229 Å². The maximum absolute atomic E-state index is 13.3. The molecule has 1 unspecified atom stereocenters. The highest BCUT2D eigenvalue weighted by Gasteiger charge is 2.36. The minimum Gasteiger partial charge on any atom is -0.311 e. The molecule has 2 amide bonds. The number of aromatic nitrogens is 6. The molecule has 2 N–H and O–H groups in total. The van der Waals surface area contributed by atoms with Crippen molar-refractivity contribution in [2.75, 3.05) is 16.8 Å². The lowest BCUT2D eigenvalue weighted by Crippen LogP contribution is -2.29. The first-order valence-corrected chi connectivity index (χ1v) is 13.0. The molecule has 202 valence electrons. The monoisotopic (exact) mass is 536 g/mol. The highest BCUT2D eigenvalue weighted by molar-refractivity contribution is 6.03. The van der Waals surface area contributed by atoms with Gasteiger partial charge in [0.2, 0.25) is 17.8 Å². The van der Waals surface area contributed by atoms with Crippen LogP contribution < -0.4 is 15.8 Å². The molecule has 0 radical (unpaired) electrons. The van der Waals surface area contributed by atoms with E-state index in [1.54, 1.807) is 22.6 Å². The van der Waals surface area contributed by atoms with Gasteiger partial charge in [0.25, 0.3) is 5.56 Å². The van der Waals surface area contributed by atoms with Crippen LogP contribution in [-0.2, 0) is 9.59 Å². The summed E-state index contributed by atoms with van der Waals surface area (Å²) in [4.78, 5) is 48.3. The van der Waals surface area contributed by atoms with E-state index in [0.29, 0.717) is 22.5 Å². The molecule has 0 aliphatic carbocycles. The zero-order chi connectivity index (χ0) is 28.1. The Bertz CT molecular complexity index is 1860. The molecule has 3 aromatic heterocycles. The van der Waals surface area contributed by atoms with Gasteiger partial charge >= 0.3 is 0 Å². The van der Waals surface area contributed by atoms with Gasteiger partial charge in [0.15, 0.2) is 5.65 Å². The number of hydrogen-bond donors (Lipinski definition) is 2. The predicted molar refractivity (Wildman–Crippen MR) is 151 cm³/mol. The third kappa shape index (κ3) is 4.25. The van der Waals surface area contributed by atoms with Gasteiger partial charge in [0.05, 0.1) is 23.5 Å². The molecule has 1 aliphatic rings. The van der Waals surface area contributed by atoms with Crippen molar-refractivity contribution in [3.63, 3.8) is 0 Å². The fourth-order valence-corrected chi connectivity index (χ4v) is 5.11. The van der Waals surface area contributed by atoms with Crippen LogP contribution in [0.1, 0.15) is 28.8 Å². The van der Waals surface area contributed by atoms with Crippen molar-refractivity contribution in [3.05, 3.63) is 87.5 Å². The fraction of sp³-hybridized carbons (Fsp3) is 0.241. The molecule has 0 bridgehead atoms. The first kappa shape index (κ1) is 25.2. The number of fused-ring (bicyclic) bond motifs is 1. The zero-order valence-corrected chi connectivity index (χ0v) is 22.6. The molecule has 2 aromatic carbocycles. The summed E-state index contributed by atoms with van der Waals surface area (Å²) < 4.78 is 3.03. The number of amides is 2. The molecule has 1 fully saturated rings. The quantitative estimate of drug-likeness (QED) is 0.353. The van der Waals surface area contributed by atoms with Gasteiger partial charge in [-0.2, -0.15) is 19.9 Å². The maximum atomic E-state index is 13.3. The molecule has 4 heterocycles. The molecule has 0 spiro atoms. The molecular formula is C29H28N8O3. The van der Waals surface area contributed by atoms with Crippen LogP contribution in [0.15, 0.2) is 59.5 Å². The van der Waals surface area contributed by atoms with Gasteiger partial charge in [-0.05, 0) is 56.5 Å². The number of nitrogens with zero attached hydrogens (tertiary/aromatic N) is 6. The lowest BCUT2D eigenvalue weighted by atomic mass is 10.1. The van der Waals surface area contributed by atoms with Crippen LogP contribution in [0.2, 0.25) is 0 Å². The van der Waals surface area contributed by atoms with Crippen molar-refractivity contribution in [1.29, 1.82) is 0 Å². The summed E-state index contributed by atoms with van der Waals surface area (Å²) in [5.41, 5.74) is 5.30. The molecule has 0 saturated carbocycles. The summed E-state index contributed by atoms with van der Waals surface area (Å²) >= 11 is 0. The minimum absolute atomic E-state index is 0.101. The number of nitrogens with one attached hydrogen (secondary N) is 2. The van der Waals surface area contributed by atoms with E-state index in [0.717, 1.165) is 28.1 Å². The van der Waals surface area contributed by atoms with Gasteiger partial charge in [-0.25, -0.2) is 4.68 Å². The molecule has 40 heavy (non-hydrogen) atoms. The topological polar surface area (TPSA) is 131 Å². The third-order valence-electron chi connectivity index (χ3n) is 7.42. The Kier molecular flexibility index (Phi) is 6.05. The summed E-state index contributed by atoms with van der Waals surface area (Å²) in [5.74, 6) is -0.484. The van der Waals surface area contributed by atoms with E-state index in [1.807, 2.05) is 63.2 Å². The largest absolute Gasteiger partial charge is 0.311 e. The van der Waals surface area contributed by atoms with Gasteiger partial charge in [-0.1, -0.05) is 30.3 Å². The highest BCUT2D eigenvalue weighted by atomic mass is 16.2. The Morgan fingerprint density at radius 1 is 0.975 bits per heavy atom. The second kappa shape index (κ2) is 9.60. The van der Waals surface area contributed by atoms with Gasteiger partial charge in [-0.3, -0.25) is 19.4 Å². The second-order valence-corrected chi connectivity index (χ2v) is 10.2. The van der Waals surface area contributed by atoms with Crippen LogP contribution in [0.3, 0.4) is 0 Å². The maximum Gasteiger partial charge on any atom is 0.263 e. The third-order valence-corrected chi connectivity index (χ3v) is 7.42. The number of aryl methyl sites for hydroxylation is 3. The molecular weight excluding hydrogens is 508 g/mol. The lowest BCUT2D eigenvalue weighted by Gasteiger charge is -2.19. The number of benzene rings is 2. The summed E-state index contributed by atoms with van der Waals surface area (Å²) in [6.07, 6.45) is 1.59. The van der Waals surface area contributed by atoms with Crippen LogP contribution in [0, 0.1) is 33.6 Å². The van der Waals surface area contributed by atoms with Gasteiger partial charge in [0, 0.05) is 24.7 Å². The van der Waals surface area contributed by atoms with E-state index in [2.05, 4.69) is 20.5 Å². The van der Waals surface area contributed by atoms with Gasteiger partial charge in [-0.15, -0.1) is 0 Å². The molecule has 1 aliphatic heterocycles. The van der Waals surface area contributed by atoms with E-state index in [1.165, 1.54) is 10.9 Å². The van der Waals surface area contributed by atoms with E-state index >= 15 is 0 Å². The van der Waals surface area contributed by atoms with Crippen molar-refractivity contribution in [2.45, 2.75) is 34.1 Å². The van der Waals surface area contributed by atoms with E-state index in [9.17, 15) is 14.4 Å². The lowest BCUT2D eigenvalue weighted by molar-refractivity contribution is -0.122. The number of H-pyrrole nitrogens is 1. The minimum atomic E-state index is -0.545. The molecule has 11 nitrogen and oxygen atoms in total. The summed E-state index contributed by atoms with van der Waals surface area (Å²) in [6.45, 7) is 8.00. The second-order valence-electron chi connectivity index (χ2n) is 10.2. The van der Waals surface area contributed by atoms with Crippen LogP contribution in [-0.4, -0.2) is 47.9 Å². The SMILES string of the molecule is Cc1cc(NC(=O)C2CC(=O)N(c3ccccc3C)C2)n(-c2nc3c(cnn3-c3cccc(C)c3C)c(=O)[nH]2)n1. The molecule has 5 aromatic rings. The molecule has 1 saturated heterocycles. The Morgan fingerprint density at radius 2 is 1.73 bits per heavy atom. The van der Waals surface area contributed by atoms with Crippen LogP contribution in [0.5, 0.6) is 0 Å². The summed E-state index contributed by atoms with van der Waals surface area (Å²) in [7, 11) is 0. The summed E-state index contributed by atoms with van der Waals surface area (Å²) in [5, 5.41) is 12.1. The average Bonchev–Trinajstić information content (AvgIpc) is 3.63. The standard InChI is InChI=1S/C29H28N8O3/c1-16-9-7-11-23(19(16)4)36-26-21(14-30-36)28(40)33-29(32-26)37-24(12-18(3)34-37)31-27(39)20-13-25(38)35(15-20)22-10-6-5-8-17(22)2/h5-12,14,20H,13,15H2,1-4H3,(H,31,39)(H,32,33,40). The Morgan fingerprint density at radius 3 is 2.52 bits per heavy atom. The van der Waals surface area contributed by atoms with Crippen LogP contribution in [0.4, 0.5) is 11.5 Å². The molecule has 1 atom stereocenters. The fourth-order valence-electron chi connectivity index (χ4n) is 5.11. The van der Waals surface area contributed by atoms with Crippen LogP contribution in [0.25, 0.3) is 22.7 Å². The number of hydrogen-bond acceptors (Lipinski definition) is 6. The number of para-hydroxylation sites is 1. The van der Waals surface area contributed by atoms with Crippen molar-refractivity contribution >= 4 is 34.4 Å². The van der Waals surface area contributed by atoms with Crippen molar-refractivity contribution in [2.24, 2.45) is 5.92 Å². The normalized spacial score (nSPS) is 15.2. The first-order chi connectivity index (χ1) is 19.2. The average molecular weight is 537 g/mol. The first-order valence-electron chi connectivity index (χ1n) is 13.0. The number of aromatic amines is 1. The predicted octanol–water partition coefficient (Wildman–Crippen LogP) is 3.52. The smallest absolute Gasteiger partial charge is 0.263 e. The van der Waals surface area contributed by atoms with Crippen LogP contribution >= 0.6 is 0 Å². The van der Waals surface area contributed by atoms with Gasteiger partial charge in [0.1, 0.15) is 11.2 Å². The van der Waals surface area contributed by atoms with Gasteiger partial charge < -0.3 is 10.2 Å². The number of carbonyl (C=O) groups is 2. The molecule has 6 rings (SSSR count). The molecule has 11 heteroatoms. The van der Waals surface area contributed by atoms with E-state index < -0.39 is 5.92 Å². The number of anilines is 2. The Hall–Kier alpha value is -5.06. The van der Waals surface area contributed by atoms with E-state index in [4.69, 9.17) is 4.98 Å². The van der Waals surface area contributed by atoms with Crippen molar-refractivity contribution in [3.8, 4) is 11.6 Å². The highest BCUT2D eigenvalue weighted by Crippen LogP contribution is 2.29. The Balaban J connectivity index is 1.33. The summed E-state index contributed by atoms with van der Waals surface area (Å²) in [6, 6.07) is 15.2.